The third-order valence-corrected chi connectivity index (χ3v) is 5.96. The van der Waals surface area contributed by atoms with Crippen molar-refractivity contribution in [2.75, 3.05) is 6.26 Å². The van der Waals surface area contributed by atoms with Gasteiger partial charge in [0.15, 0.2) is 0 Å². The molecule has 1 heterocycles. The maximum absolute atomic E-state index is 10.8. The summed E-state index contributed by atoms with van der Waals surface area (Å²) in [6.07, 6.45) is 3.31. The van der Waals surface area contributed by atoms with Gasteiger partial charge < -0.3 is 5.11 Å². The van der Waals surface area contributed by atoms with Crippen molar-refractivity contribution in [1.29, 1.82) is 0 Å². The lowest BCUT2D eigenvalue weighted by molar-refractivity contribution is 0.195. The molecule has 0 radical (unpaired) electrons. The minimum absolute atomic E-state index is 0.0278. The molecule has 2 rings (SSSR count). The highest BCUT2D eigenvalue weighted by molar-refractivity contribution is 8.16. The summed E-state index contributed by atoms with van der Waals surface area (Å²) < 4.78 is 0.0278. The normalized spacial score (nSPS) is 14.0. The van der Waals surface area contributed by atoms with Crippen LogP contribution in [0.5, 0.6) is 0 Å². The average molecular weight is 319 g/mol. The van der Waals surface area contributed by atoms with Crippen LogP contribution in [0, 0.1) is 20.8 Å². The molecular weight excluding hydrogens is 298 g/mol. The largest absolute Gasteiger partial charge is 0.386 e. The van der Waals surface area contributed by atoms with Crippen LogP contribution in [0.4, 0.5) is 0 Å². The molecule has 21 heavy (non-hydrogen) atoms. The van der Waals surface area contributed by atoms with E-state index in [-0.39, 0.29) is 4.58 Å². The van der Waals surface area contributed by atoms with Crippen LogP contribution in [-0.4, -0.2) is 20.9 Å². The summed E-state index contributed by atoms with van der Waals surface area (Å²) in [5, 5.41) is 11.8. The molecule has 2 atom stereocenters. The summed E-state index contributed by atoms with van der Waals surface area (Å²) >= 11 is 3.28. The molecule has 0 aliphatic carbocycles. The summed E-state index contributed by atoms with van der Waals surface area (Å²) in [6.45, 7) is 6.23. The van der Waals surface area contributed by atoms with Crippen LogP contribution < -0.4 is 0 Å². The van der Waals surface area contributed by atoms with Crippen molar-refractivity contribution in [3.63, 3.8) is 0 Å². The van der Waals surface area contributed by atoms with Crippen LogP contribution in [-0.2, 0) is 0 Å². The first-order valence-corrected chi connectivity index (χ1v) is 9.06. The van der Waals surface area contributed by atoms with Crippen LogP contribution in [0.15, 0.2) is 41.6 Å². The molecule has 0 amide bonds. The molecule has 0 spiro atoms. The Labute approximate surface area is 135 Å². The van der Waals surface area contributed by atoms with Crippen molar-refractivity contribution in [2.45, 2.75) is 36.5 Å². The van der Waals surface area contributed by atoms with Crippen molar-refractivity contribution >= 4 is 23.5 Å². The van der Waals surface area contributed by atoms with Gasteiger partial charge >= 0.3 is 0 Å². The molecule has 0 bridgehead atoms. The molecule has 0 unspecified atom stereocenters. The molecular formula is C17H21NOS2. The molecule has 4 heteroatoms. The van der Waals surface area contributed by atoms with E-state index < -0.39 is 6.10 Å². The number of benzene rings is 1. The van der Waals surface area contributed by atoms with Crippen LogP contribution in [0.25, 0.3) is 0 Å². The minimum atomic E-state index is -0.507. The number of pyridine rings is 1. The number of thioether (sulfide) groups is 2. The molecule has 1 aromatic heterocycles. The summed E-state index contributed by atoms with van der Waals surface area (Å²) in [5.41, 5.74) is 4.59. The van der Waals surface area contributed by atoms with E-state index in [9.17, 15) is 5.11 Å². The Bertz CT molecular complexity index is 578. The lowest BCUT2D eigenvalue weighted by Gasteiger charge is -2.24. The zero-order valence-corrected chi connectivity index (χ0v) is 14.5. The summed E-state index contributed by atoms with van der Waals surface area (Å²) in [7, 11) is 0. The number of hydrogen-bond donors (Lipinski definition) is 1. The van der Waals surface area contributed by atoms with Gasteiger partial charge in [-0.15, -0.1) is 11.8 Å². The van der Waals surface area contributed by atoms with Gasteiger partial charge in [-0.25, -0.2) is 4.98 Å². The van der Waals surface area contributed by atoms with E-state index in [0.29, 0.717) is 0 Å². The fraction of sp³-hybridized carbons (Fsp3) is 0.353. The zero-order valence-electron chi connectivity index (χ0n) is 12.8. The monoisotopic (exact) mass is 319 g/mol. The van der Waals surface area contributed by atoms with Gasteiger partial charge in [0, 0.05) is 6.20 Å². The van der Waals surface area contributed by atoms with Gasteiger partial charge in [0.05, 0.1) is 9.61 Å². The van der Waals surface area contributed by atoms with E-state index in [1.165, 1.54) is 5.56 Å². The highest BCUT2D eigenvalue weighted by Crippen LogP contribution is 2.39. The zero-order chi connectivity index (χ0) is 15.4. The molecule has 0 aliphatic rings. The first-order valence-electron chi connectivity index (χ1n) is 6.89. The Morgan fingerprint density at radius 3 is 2.29 bits per heavy atom. The molecule has 1 N–H and O–H groups in total. The quantitative estimate of drug-likeness (QED) is 0.649. The Balaban J connectivity index is 2.26. The summed E-state index contributed by atoms with van der Waals surface area (Å²) in [6, 6.07) is 10.1. The lowest BCUT2D eigenvalue weighted by Crippen LogP contribution is -2.14. The van der Waals surface area contributed by atoms with Crippen molar-refractivity contribution < 1.29 is 5.11 Å². The molecule has 0 saturated carbocycles. The Hall–Kier alpha value is -0.970. The van der Waals surface area contributed by atoms with E-state index in [4.69, 9.17) is 0 Å². The maximum atomic E-state index is 10.8. The third-order valence-electron chi connectivity index (χ3n) is 3.40. The number of aryl methyl sites for hydroxylation is 3. The second-order valence-corrected chi connectivity index (χ2v) is 7.59. The van der Waals surface area contributed by atoms with Gasteiger partial charge in [0.1, 0.15) is 6.10 Å². The van der Waals surface area contributed by atoms with Gasteiger partial charge in [-0.1, -0.05) is 35.5 Å². The highest BCUT2D eigenvalue weighted by Gasteiger charge is 2.24. The Morgan fingerprint density at radius 2 is 1.76 bits per heavy atom. The van der Waals surface area contributed by atoms with Crippen molar-refractivity contribution in [1.82, 2.24) is 4.98 Å². The van der Waals surface area contributed by atoms with Gasteiger partial charge in [0.2, 0.25) is 0 Å². The van der Waals surface area contributed by atoms with E-state index in [1.54, 1.807) is 29.7 Å². The number of nitrogens with zero attached hydrogens (tertiary/aromatic N) is 1. The third kappa shape index (κ3) is 4.02. The van der Waals surface area contributed by atoms with Gasteiger partial charge in [0.25, 0.3) is 0 Å². The molecule has 0 fully saturated rings. The topological polar surface area (TPSA) is 33.1 Å². The highest BCUT2D eigenvalue weighted by atomic mass is 32.2. The Morgan fingerprint density at radius 1 is 1.10 bits per heavy atom. The van der Waals surface area contributed by atoms with E-state index in [1.807, 2.05) is 24.5 Å². The molecule has 0 saturated heterocycles. The standard InChI is InChI=1S/C17H21NOS2/c1-11-9-12(2)15(13(3)10-11)16(19)17(20-4)21-14-7-5-6-8-18-14/h5-10,16-17,19H,1-4H3/t16-,17-/m0/s1. The van der Waals surface area contributed by atoms with Crippen LogP contribution >= 0.6 is 23.5 Å². The number of aromatic nitrogens is 1. The van der Waals surface area contributed by atoms with Crippen LogP contribution in [0.3, 0.4) is 0 Å². The van der Waals surface area contributed by atoms with Crippen molar-refractivity contribution in [3.05, 3.63) is 58.8 Å². The number of hydrogen-bond acceptors (Lipinski definition) is 4. The molecule has 2 aromatic rings. The average Bonchev–Trinajstić information content (AvgIpc) is 2.44. The first kappa shape index (κ1) is 16.4. The lowest BCUT2D eigenvalue weighted by atomic mass is 9.96. The fourth-order valence-corrected chi connectivity index (χ4v) is 4.43. The SMILES string of the molecule is CS[C@@H](Sc1ccccn1)[C@@H](O)c1c(C)cc(C)cc1C. The van der Waals surface area contributed by atoms with Gasteiger partial charge in [-0.3, -0.25) is 0 Å². The predicted octanol–water partition coefficient (Wildman–Crippen LogP) is 4.52. The summed E-state index contributed by atoms with van der Waals surface area (Å²) in [5.74, 6) is 0. The number of rotatable bonds is 5. The molecule has 112 valence electrons. The van der Waals surface area contributed by atoms with Gasteiger partial charge in [-0.2, -0.15) is 0 Å². The molecule has 2 nitrogen and oxygen atoms in total. The minimum Gasteiger partial charge on any atom is -0.386 e. The second-order valence-electron chi connectivity index (χ2n) is 5.15. The van der Waals surface area contributed by atoms with Crippen LogP contribution in [0.2, 0.25) is 0 Å². The first-order chi connectivity index (χ1) is 10.0. The van der Waals surface area contributed by atoms with Crippen molar-refractivity contribution in [3.8, 4) is 0 Å². The number of aliphatic hydroxyl groups is 1. The molecule has 0 aliphatic heterocycles. The Kier molecular flexibility index (Phi) is 5.73. The second kappa shape index (κ2) is 7.34. The summed E-state index contributed by atoms with van der Waals surface area (Å²) in [4.78, 5) is 4.34. The fourth-order valence-electron chi connectivity index (χ4n) is 2.57. The van der Waals surface area contributed by atoms with Crippen LogP contribution in [0.1, 0.15) is 28.4 Å². The smallest absolute Gasteiger partial charge is 0.101 e. The van der Waals surface area contributed by atoms with E-state index in [0.717, 1.165) is 21.7 Å². The molecule has 1 aromatic carbocycles. The number of aliphatic hydroxyl groups excluding tert-OH is 1. The predicted molar refractivity (Wildman–Crippen MR) is 93.0 cm³/mol. The van der Waals surface area contributed by atoms with Gasteiger partial charge in [-0.05, 0) is 55.9 Å². The maximum Gasteiger partial charge on any atom is 0.101 e. The van der Waals surface area contributed by atoms with Crippen molar-refractivity contribution in [2.24, 2.45) is 0 Å². The van der Waals surface area contributed by atoms with E-state index >= 15 is 0 Å². The van der Waals surface area contributed by atoms with E-state index in [2.05, 4.69) is 37.9 Å².